The monoisotopic (exact) mass is 145 g/mol. The van der Waals surface area contributed by atoms with E-state index in [-0.39, 0.29) is 12.4 Å². The van der Waals surface area contributed by atoms with Crippen molar-refractivity contribution in [3.63, 3.8) is 0 Å². The Morgan fingerprint density at radius 3 is 1.43 bits per heavy atom. The van der Waals surface area contributed by atoms with Crippen molar-refractivity contribution in [1.82, 2.24) is 4.31 Å². The molecule has 0 heterocycles. The van der Waals surface area contributed by atoms with Gasteiger partial charge in [-0.2, -0.15) is 0 Å². The van der Waals surface area contributed by atoms with E-state index >= 15 is 0 Å². The van der Waals surface area contributed by atoms with Crippen molar-refractivity contribution in [3.8, 4) is 0 Å². The lowest BCUT2D eigenvalue weighted by Gasteiger charge is -1.91. The van der Waals surface area contributed by atoms with Gasteiger partial charge in [-0.05, 0) is 0 Å². The Balaban J connectivity index is 0. The molecule has 0 aliphatic heterocycles. The average Bonchev–Trinajstić information content (AvgIpc) is 1.36. The third-order valence-corrected chi connectivity index (χ3v) is 0.980. The second-order valence-electron chi connectivity index (χ2n) is 1.09. The van der Waals surface area contributed by atoms with E-state index in [9.17, 15) is 8.42 Å². The van der Waals surface area contributed by atoms with Crippen molar-refractivity contribution in [1.29, 1.82) is 0 Å². The van der Waals surface area contributed by atoms with Crippen molar-refractivity contribution in [2.75, 3.05) is 14.1 Å². The summed E-state index contributed by atoms with van der Waals surface area (Å²) in [6, 6.07) is 0. The summed E-state index contributed by atoms with van der Waals surface area (Å²) in [7, 11) is 0.630. The Morgan fingerprint density at radius 2 is 1.43 bits per heavy atom. The predicted molar refractivity (Wildman–Crippen MR) is 31.2 cm³/mol. The van der Waals surface area contributed by atoms with E-state index in [2.05, 4.69) is 0 Å². The van der Waals surface area contributed by atoms with E-state index in [1.807, 2.05) is 0 Å². The topological polar surface area (TPSA) is 37.4 Å². The van der Waals surface area contributed by atoms with Gasteiger partial charge in [0, 0.05) is 14.1 Å². The van der Waals surface area contributed by atoms with Gasteiger partial charge in [-0.1, -0.05) is 0 Å². The molecule has 0 atom stereocenters. The molecule has 0 aromatic heterocycles. The highest BCUT2D eigenvalue weighted by molar-refractivity contribution is 7.69. The summed E-state index contributed by atoms with van der Waals surface area (Å²) in [6.07, 6.45) is 0. The Bertz CT molecular complexity index is 91.9. The highest BCUT2D eigenvalue weighted by Crippen LogP contribution is 1.64. The fourth-order valence-electron chi connectivity index (χ4n) is 0. The molecule has 0 aromatic rings. The van der Waals surface area contributed by atoms with Gasteiger partial charge in [-0.25, -0.2) is 12.7 Å². The molecule has 0 aromatic carbocycles. The largest absolute Gasteiger partial charge is 0.215 e. The van der Waals surface area contributed by atoms with E-state index in [4.69, 9.17) is 0 Å². The minimum Gasteiger partial charge on any atom is -0.215 e. The van der Waals surface area contributed by atoms with Gasteiger partial charge >= 0.3 is 0 Å². The summed E-state index contributed by atoms with van der Waals surface area (Å²) >= 11 is 0. The predicted octanol–water partition coefficient (Wildman–Crippen LogP) is -0.504. The summed E-state index contributed by atoms with van der Waals surface area (Å²) < 4.78 is 20.4. The molecule has 0 rings (SSSR count). The molecule has 0 unspecified atom stereocenters. The van der Waals surface area contributed by atoms with Crippen LogP contribution >= 0.6 is 12.4 Å². The molecule has 46 valence electrons. The molecule has 0 N–H and O–H groups in total. The van der Waals surface area contributed by atoms with Gasteiger partial charge in [-0.3, -0.25) is 0 Å². The minimum atomic E-state index is -2.33. The summed E-state index contributed by atoms with van der Waals surface area (Å²) in [6.45, 7) is 0. The second-order valence-corrected chi connectivity index (χ2v) is 2.36. The number of rotatable bonds is 1. The molecule has 0 saturated carbocycles. The number of halogens is 1. The van der Waals surface area contributed by atoms with Gasteiger partial charge in [0.1, 0.15) is 0 Å². The van der Waals surface area contributed by atoms with Gasteiger partial charge in [0.05, 0.1) is 0 Å². The van der Waals surface area contributed by atoms with Crippen LogP contribution in [-0.4, -0.2) is 26.8 Å². The van der Waals surface area contributed by atoms with Crippen LogP contribution in [0.5, 0.6) is 0 Å². The van der Waals surface area contributed by atoms with Crippen LogP contribution in [-0.2, 0) is 10.9 Å². The van der Waals surface area contributed by atoms with Gasteiger partial charge < -0.3 is 0 Å². The molecule has 3 nitrogen and oxygen atoms in total. The normalized spacial score (nSPS) is 9.14. The zero-order chi connectivity index (χ0) is 5.15. The molecule has 5 heteroatoms. The van der Waals surface area contributed by atoms with E-state index in [0.29, 0.717) is 0 Å². The van der Waals surface area contributed by atoms with Crippen molar-refractivity contribution in [3.05, 3.63) is 0 Å². The lowest BCUT2D eigenvalue weighted by atomic mass is 11.3. The SMILES string of the molecule is CN(C)[SH](=O)=O.Cl. The third-order valence-electron chi connectivity index (χ3n) is 0.327. The average molecular weight is 146 g/mol. The standard InChI is InChI=1S/C2H7NO2S.ClH/c1-3(2)6(4)5;/h6H,1-2H3;1H. The molecule has 0 fully saturated rings. The number of thiol groups is 1. The lowest BCUT2D eigenvalue weighted by molar-refractivity contribution is 0.544. The van der Waals surface area contributed by atoms with Crippen LogP contribution in [0.1, 0.15) is 0 Å². The zero-order valence-electron chi connectivity index (χ0n) is 4.12. The molecule has 0 aliphatic carbocycles. The number of hydrogen-bond donors (Lipinski definition) is 1. The highest BCUT2D eigenvalue weighted by Gasteiger charge is 1.81. The van der Waals surface area contributed by atoms with Crippen LogP contribution in [0.25, 0.3) is 0 Å². The maximum Gasteiger partial charge on any atom is 0.203 e. The molecule has 0 radical (unpaired) electrons. The van der Waals surface area contributed by atoms with Crippen LogP contribution in [0.4, 0.5) is 0 Å². The fourth-order valence-corrected chi connectivity index (χ4v) is 0. The Kier molecular flexibility index (Phi) is 6.38. The van der Waals surface area contributed by atoms with Crippen molar-refractivity contribution in [2.45, 2.75) is 0 Å². The highest BCUT2D eigenvalue weighted by atomic mass is 35.5. The zero-order valence-corrected chi connectivity index (χ0v) is 5.83. The van der Waals surface area contributed by atoms with E-state index < -0.39 is 10.9 Å². The molecule has 7 heavy (non-hydrogen) atoms. The van der Waals surface area contributed by atoms with E-state index in [0.717, 1.165) is 4.31 Å². The molecule has 0 bridgehead atoms. The minimum absolute atomic E-state index is 0. The first-order valence-electron chi connectivity index (χ1n) is 1.46. The Morgan fingerprint density at radius 1 is 1.29 bits per heavy atom. The van der Waals surface area contributed by atoms with Gasteiger partial charge in [0.25, 0.3) is 0 Å². The van der Waals surface area contributed by atoms with Crippen LogP contribution in [0.2, 0.25) is 0 Å². The Hall–Kier alpha value is 0.200. The fraction of sp³-hybridized carbons (Fsp3) is 1.00. The summed E-state index contributed by atoms with van der Waals surface area (Å²) in [5, 5.41) is 0. The van der Waals surface area contributed by atoms with Crippen molar-refractivity contribution >= 4 is 23.3 Å². The number of hydrogen-bond acceptors (Lipinski definition) is 2. The smallest absolute Gasteiger partial charge is 0.203 e. The summed E-state index contributed by atoms with van der Waals surface area (Å²) in [5.74, 6) is 0. The van der Waals surface area contributed by atoms with Crippen LogP contribution in [0.3, 0.4) is 0 Å². The Labute approximate surface area is 50.8 Å². The van der Waals surface area contributed by atoms with Crippen molar-refractivity contribution in [2.24, 2.45) is 0 Å². The molecule has 0 amide bonds. The summed E-state index contributed by atoms with van der Waals surface area (Å²) in [4.78, 5) is 0. The summed E-state index contributed by atoms with van der Waals surface area (Å²) in [5.41, 5.74) is 0. The first-order valence-corrected chi connectivity index (χ1v) is 2.59. The first-order chi connectivity index (χ1) is 2.64. The van der Waals surface area contributed by atoms with Gasteiger partial charge in [-0.15, -0.1) is 12.4 Å². The lowest BCUT2D eigenvalue weighted by Crippen LogP contribution is -2.06. The molecule has 0 saturated heterocycles. The van der Waals surface area contributed by atoms with Crippen LogP contribution in [0.15, 0.2) is 0 Å². The van der Waals surface area contributed by atoms with E-state index in [1.54, 1.807) is 0 Å². The van der Waals surface area contributed by atoms with Crippen LogP contribution in [0, 0.1) is 0 Å². The van der Waals surface area contributed by atoms with Crippen LogP contribution < -0.4 is 0 Å². The third kappa shape index (κ3) is 6.20. The maximum absolute atomic E-state index is 9.66. The molecular weight excluding hydrogens is 138 g/mol. The maximum atomic E-state index is 9.66. The molecule has 0 spiro atoms. The molecule has 0 aliphatic rings. The van der Waals surface area contributed by atoms with Gasteiger partial charge in [0.15, 0.2) is 0 Å². The number of nitrogens with zero attached hydrogens (tertiary/aromatic N) is 1. The van der Waals surface area contributed by atoms with Gasteiger partial charge in [0.2, 0.25) is 10.9 Å². The quantitative estimate of drug-likeness (QED) is 0.505. The second kappa shape index (κ2) is 4.36. The first kappa shape index (κ1) is 10.2. The molecular formula is C2H8ClNO2S. The van der Waals surface area contributed by atoms with E-state index in [1.165, 1.54) is 14.1 Å². The van der Waals surface area contributed by atoms with Crippen molar-refractivity contribution < 1.29 is 8.42 Å².